The lowest BCUT2D eigenvalue weighted by Crippen LogP contribution is -2.59. The molecule has 3 N–H and O–H groups in total. The predicted molar refractivity (Wildman–Crippen MR) is 133 cm³/mol. The van der Waals surface area contributed by atoms with Crippen molar-refractivity contribution in [1.29, 1.82) is 0 Å². The summed E-state index contributed by atoms with van der Waals surface area (Å²) < 4.78 is 0. The summed E-state index contributed by atoms with van der Waals surface area (Å²) in [6, 6.07) is 28.5. The number of amides is 1. The highest BCUT2D eigenvalue weighted by molar-refractivity contribution is 5.98. The summed E-state index contributed by atoms with van der Waals surface area (Å²) >= 11 is 0. The number of rotatable bonds is 3. The highest BCUT2D eigenvalue weighted by Gasteiger charge is 2.49. The lowest BCUT2D eigenvalue weighted by Gasteiger charge is -2.47. The number of aromatic amines is 1. The van der Waals surface area contributed by atoms with E-state index in [1.807, 2.05) is 36.4 Å². The average Bonchev–Trinajstić information content (AvgIpc) is 3.26. The minimum Gasteiger partial charge on any atom is -0.357 e. The second kappa shape index (κ2) is 8.20. The summed E-state index contributed by atoms with van der Waals surface area (Å²) in [6.45, 7) is 0. The first-order valence-electron chi connectivity index (χ1n) is 12.0. The molecule has 2 atom stereocenters. The van der Waals surface area contributed by atoms with Crippen LogP contribution in [0.5, 0.6) is 0 Å². The third kappa shape index (κ3) is 3.46. The molecule has 166 valence electrons. The Morgan fingerprint density at radius 2 is 1.48 bits per heavy atom. The lowest BCUT2D eigenvalue weighted by molar-refractivity contribution is -0.119. The average molecular weight is 436 g/mol. The predicted octanol–water partition coefficient (Wildman–Crippen LogP) is 6.07. The zero-order chi connectivity index (χ0) is 22.3. The van der Waals surface area contributed by atoms with Crippen molar-refractivity contribution < 1.29 is 4.79 Å². The van der Waals surface area contributed by atoms with Gasteiger partial charge in [0, 0.05) is 28.2 Å². The zero-order valence-electron chi connectivity index (χ0n) is 18.7. The SMILES string of the molecule is O=C(Nc1ccccc1)[C@@H]1NC2(CCCCC2)c2[nH]c3ccccc3c2[C@@H]1c1ccccc1. The first kappa shape index (κ1) is 20.3. The first-order valence-corrected chi connectivity index (χ1v) is 12.0. The molecule has 1 amide bonds. The molecular weight excluding hydrogens is 406 g/mol. The van der Waals surface area contributed by atoms with Crippen molar-refractivity contribution in [2.75, 3.05) is 5.32 Å². The van der Waals surface area contributed by atoms with Gasteiger partial charge in [0.2, 0.25) is 5.91 Å². The molecule has 0 unspecified atom stereocenters. The highest BCUT2D eigenvalue weighted by Crippen LogP contribution is 2.49. The van der Waals surface area contributed by atoms with Gasteiger partial charge in [-0.3, -0.25) is 10.1 Å². The van der Waals surface area contributed by atoms with Gasteiger partial charge in [0.15, 0.2) is 0 Å². The maximum Gasteiger partial charge on any atom is 0.242 e. The molecule has 1 fully saturated rings. The fourth-order valence-corrected chi connectivity index (χ4v) is 6.01. The van der Waals surface area contributed by atoms with Crippen LogP contribution < -0.4 is 10.6 Å². The van der Waals surface area contributed by atoms with Crippen molar-refractivity contribution in [1.82, 2.24) is 10.3 Å². The number of hydrogen-bond acceptors (Lipinski definition) is 2. The maximum absolute atomic E-state index is 13.9. The van der Waals surface area contributed by atoms with Crippen LogP contribution >= 0.6 is 0 Å². The van der Waals surface area contributed by atoms with E-state index in [4.69, 9.17) is 0 Å². The normalized spacial score (nSPS) is 21.6. The summed E-state index contributed by atoms with van der Waals surface area (Å²) in [6.07, 6.45) is 5.69. The molecule has 4 nitrogen and oxygen atoms in total. The number of carbonyl (C=O) groups excluding carboxylic acids is 1. The Labute approximate surface area is 194 Å². The van der Waals surface area contributed by atoms with Crippen LogP contribution in [0.1, 0.15) is 54.8 Å². The van der Waals surface area contributed by atoms with E-state index in [9.17, 15) is 4.79 Å². The number of nitrogens with one attached hydrogen (secondary N) is 3. The quantitative estimate of drug-likeness (QED) is 0.366. The number of H-pyrrole nitrogens is 1. The molecule has 2 heterocycles. The molecule has 0 radical (unpaired) electrons. The van der Waals surface area contributed by atoms with E-state index in [1.165, 1.54) is 35.9 Å². The summed E-state index contributed by atoms with van der Waals surface area (Å²) in [7, 11) is 0. The van der Waals surface area contributed by atoms with Crippen molar-refractivity contribution in [2.24, 2.45) is 0 Å². The van der Waals surface area contributed by atoms with Gasteiger partial charge in [-0.2, -0.15) is 0 Å². The summed E-state index contributed by atoms with van der Waals surface area (Å²) in [5.41, 5.74) is 5.51. The Balaban J connectivity index is 1.54. The van der Waals surface area contributed by atoms with Crippen LogP contribution in [0.15, 0.2) is 84.9 Å². The van der Waals surface area contributed by atoms with Crippen molar-refractivity contribution >= 4 is 22.5 Å². The van der Waals surface area contributed by atoms with Crippen LogP contribution in [0.4, 0.5) is 5.69 Å². The number of hydrogen-bond donors (Lipinski definition) is 3. The zero-order valence-corrected chi connectivity index (χ0v) is 18.7. The van der Waals surface area contributed by atoms with Crippen LogP contribution in [0.2, 0.25) is 0 Å². The molecule has 4 aromatic rings. The number of fused-ring (bicyclic) bond motifs is 4. The van der Waals surface area contributed by atoms with E-state index >= 15 is 0 Å². The molecule has 3 aromatic carbocycles. The lowest BCUT2D eigenvalue weighted by atomic mass is 9.69. The minimum atomic E-state index is -0.364. The molecule has 6 rings (SSSR count). The van der Waals surface area contributed by atoms with E-state index < -0.39 is 0 Å². The first-order chi connectivity index (χ1) is 16.3. The molecule has 1 saturated carbocycles. The molecule has 1 aliphatic heterocycles. The van der Waals surface area contributed by atoms with Gasteiger partial charge in [-0.25, -0.2) is 0 Å². The Hall–Kier alpha value is -3.37. The third-order valence-corrected chi connectivity index (χ3v) is 7.49. The molecule has 0 saturated heterocycles. The van der Waals surface area contributed by atoms with Crippen molar-refractivity contribution in [3.63, 3.8) is 0 Å². The van der Waals surface area contributed by atoms with Crippen LogP contribution in [0, 0.1) is 0 Å². The molecule has 1 spiro atoms. The Morgan fingerprint density at radius 1 is 0.818 bits per heavy atom. The van der Waals surface area contributed by atoms with Crippen molar-refractivity contribution in [3.8, 4) is 0 Å². The summed E-state index contributed by atoms with van der Waals surface area (Å²) in [5.74, 6) is -0.0513. The Kier molecular flexibility index (Phi) is 5.03. The topological polar surface area (TPSA) is 56.9 Å². The van der Waals surface area contributed by atoms with Gasteiger partial charge in [0.1, 0.15) is 0 Å². The van der Waals surface area contributed by atoms with Crippen LogP contribution in [0.3, 0.4) is 0 Å². The number of carbonyl (C=O) groups is 1. The number of anilines is 1. The smallest absolute Gasteiger partial charge is 0.242 e. The van der Waals surface area contributed by atoms with E-state index in [1.54, 1.807) is 0 Å². The fraction of sp³-hybridized carbons (Fsp3) is 0.276. The van der Waals surface area contributed by atoms with E-state index in [0.717, 1.165) is 29.6 Å². The van der Waals surface area contributed by atoms with E-state index in [0.29, 0.717) is 0 Å². The Morgan fingerprint density at radius 3 is 2.24 bits per heavy atom. The molecular formula is C29H29N3O. The summed E-state index contributed by atoms with van der Waals surface area (Å²) in [5, 5.41) is 8.33. The third-order valence-electron chi connectivity index (χ3n) is 7.49. The largest absolute Gasteiger partial charge is 0.357 e. The standard InChI is InChI=1S/C29H29N3O/c33-28(30-21-14-6-2-7-15-21)26-24(20-12-4-1-5-13-20)25-22-16-8-9-17-23(22)31-27(25)29(32-26)18-10-3-11-19-29/h1-2,4-9,12-17,24,26,31-32H,3,10-11,18-19H2,(H,30,33)/t24-,26+/m0/s1. The van der Waals surface area contributed by atoms with Gasteiger partial charge < -0.3 is 10.3 Å². The molecule has 1 aliphatic carbocycles. The van der Waals surface area contributed by atoms with E-state index in [2.05, 4.69) is 64.1 Å². The second-order valence-corrected chi connectivity index (χ2v) is 9.47. The fourth-order valence-electron chi connectivity index (χ4n) is 6.01. The van der Waals surface area contributed by atoms with Crippen molar-refractivity contribution in [3.05, 3.63) is 102 Å². The summed E-state index contributed by atoms with van der Waals surface area (Å²) in [4.78, 5) is 17.7. The number of benzene rings is 3. The number of para-hydroxylation sites is 2. The minimum absolute atomic E-state index is 0.0240. The van der Waals surface area contributed by atoms with Crippen molar-refractivity contribution in [2.45, 2.75) is 49.6 Å². The number of aromatic nitrogens is 1. The molecule has 1 aromatic heterocycles. The molecule has 0 bridgehead atoms. The molecule has 2 aliphatic rings. The van der Waals surface area contributed by atoms with Crippen LogP contribution in [-0.2, 0) is 10.3 Å². The van der Waals surface area contributed by atoms with Gasteiger partial charge in [0.05, 0.1) is 11.6 Å². The molecule has 33 heavy (non-hydrogen) atoms. The molecule has 4 heteroatoms. The van der Waals surface area contributed by atoms with E-state index in [-0.39, 0.29) is 23.4 Å². The van der Waals surface area contributed by atoms with Gasteiger partial charge in [-0.15, -0.1) is 0 Å². The van der Waals surface area contributed by atoms with Gasteiger partial charge in [-0.05, 0) is 42.2 Å². The maximum atomic E-state index is 13.9. The monoisotopic (exact) mass is 435 g/mol. The highest BCUT2D eigenvalue weighted by atomic mass is 16.2. The van der Waals surface area contributed by atoms with Crippen LogP contribution in [0.25, 0.3) is 10.9 Å². The Bertz CT molecular complexity index is 1270. The van der Waals surface area contributed by atoms with Gasteiger partial charge >= 0.3 is 0 Å². The van der Waals surface area contributed by atoms with Crippen LogP contribution in [-0.4, -0.2) is 16.9 Å². The van der Waals surface area contributed by atoms with Gasteiger partial charge in [-0.1, -0.05) is 86.0 Å². The second-order valence-electron chi connectivity index (χ2n) is 9.47. The van der Waals surface area contributed by atoms with Gasteiger partial charge in [0.25, 0.3) is 0 Å².